The number of benzene rings is 1. The molecule has 1 aromatic carbocycles. The van der Waals surface area contributed by atoms with Gasteiger partial charge in [0.05, 0.1) is 6.04 Å². The van der Waals surface area contributed by atoms with Gasteiger partial charge in [-0.25, -0.2) is 0 Å². The first-order valence-corrected chi connectivity index (χ1v) is 7.19. The first kappa shape index (κ1) is 13.3. The van der Waals surface area contributed by atoms with Gasteiger partial charge < -0.3 is 11.1 Å². The molecule has 0 saturated carbocycles. The number of nitrogen functional groups attached to an aromatic ring is 1. The van der Waals surface area contributed by atoms with Gasteiger partial charge in [-0.2, -0.15) is 4.98 Å². The molecule has 0 spiro atoms. The van der Waals surface area contributed by atoms with E-state index >= 15 is 0 Å². The van der Waals surface area contributed by atoms with Gasteiger partial charge in [0.15, 0.2) is 0 Å². The third kappa shape index (κ3) is 2.92. The minimum atomic E-state index is -0.346. The molecule has 1 unspecified atom stereocenters. The summed E-state index contributed by atoms with van der Waals surface area (Å²) in [7, 11) is 0. The number of aromatic nitrogens is 3. The lowest BCUT2D eigenvalue weighted by Crippen LogP contribution is -2.29. The molecular weight excluding hydrogens is 286 g/mol. The van der Waals surface area contributed by atoms with Crippen molar-refractivity contribution in [3.05, 3.63) is 64.1 Å². The Morgan fingerprint density at radius 1 is 1.24 bits per heavy atom. The highest BCUT2D eigenvalue weighted by Crippen LogP contribution is 2.26. The molecule has 6 nitrogen and oxygen atoms in total. The number of amides is 1. The molecule has 0 aliphatic rings. The van der Waals surface area contributed by atoms with Gasteiger partial charge in [-0.3, -0.25) is 9.89 Å². The number of H-pyrrole nitrogens is 1. The maximum Gasteiger partial charge on any atom is 0.289 e. The first-order valence-electron chi connectivity index (χ1n) is 6.31. The highest BCUT2D eigenvalue weighted by molar-refractivity contribution is 7.10. The number of aromatic amines is 1. The van der Waals surface area contributed by atoms with Gasteiger partial charge in [-0.15, -0.1) is 16.4 Å². The second kappa shape index (κ2) is 5.76. The lowest BCUT2D eigenvalue weighted by Gasteiger charge is -2.17. The second-order valence-electron chi connectivity index (χ2n) is 4.37. The molecule has 0 aliphatic carbocycles. The largest absolute Gasteiger partial charge is 0.366 e. The van der Waals surface area contributed by atoms with Crippen molar-refractivity contribution in [2.45, 2.75) is 6.04 Å². The Kier molecular flexibility index (Phi) is 3.65. The number of anilines is 1. The summed E-state index contributed by atoms with van der Waals surface area (Å²) in [4.78, 5) is 17.1. The zero-order valence-corrected chi connectivity index (χ0v) is 11.8. The third-order valence-corrected chi connectivity index (χ3v) is 3.89. The Morgan fingerprint density at radius 3 is 2.67 bits per heavy atom. The van der Waals surface area contributed by atoms with Crippen LogP contribution in [-0.2, 0) is 0 Å². The van der Waals surface area contributed by atoms with Crippen LogP contribution in [0.1, 0.15) is 27.1 Å². The summed E-state index contributed by atoms with van der Waals surface area (Å²) >= 11 is 1.58. The van der Waals surface area contributed by atoms with E-state index in [9.17, 15) is 4.79 Å². The molecule has 0 fully saturated rings. The van der Waals surface area contributed by atoms with E-state index < -0.39 is 0 Å². The lowest BCUT2D eigenvalue weighted by molar-refractivity contribution is 0.0933. The van der Waals surface area contributed by atoms with E-state index in [2.05, 4.69) is 20.5 Å². The van der Waals surface area contributed by atoms with Crippen LogP contribution >= 0.6 is 11.3 Å². The minimum absolute atomic E-state index is 0.0486. The van der Waals surface area contributed by atoms with Gasteiger partial charge in [0, 0.05) is 4.88 Å². The predicted molar refractivity (Wildman–Crippen MR) is 80.9 cm³/mol. The number of nitrogens with two attached hydrogens (primary N) is 1. The van der Waals surface area contributed by atoms with Crippen molar-refractivity contribution in [2.75, 3.05) is 5.73 Å². The zero-order chi connectivity index (χ0) is 14.7. The molecule has 106 valence electrons. The maximum atomic E-state index is 12.2. The number of hydrogen-bond donors (Lipinski definition) is 3. The Balaban J connectivity index is 1.88. The van der Waals surface area contributed by atoms with Crippen molar-refractivity contribution in [3.63, 3.8) is 0 Å². The van der Waals surface area contributed by atoms with Crippen molar-refractivity contribution in [1.82, 2.24) is 20.5 Å². The summed E-state index contributed by atoms with van der Waals surface area (Å²) in [5, 5.41) is 11.1. The molecular formula is C14H13N5OS. The topological polar surface area (TPSA) is 96.7 Å². The van der Waals surface area contributed by atoms with Crippen LogP contribution in [0.3, 0.4) is 0 Å². The van der Waals surface area contributed by atoms with Gasteiger partial charge >= 0.3 is 0 Å². The van der Waals surface area contributed by atoms with E-state index in [-0.39, 0.29) is 23.7 Å². The summed E-state index contributed by atoms with van der Waals surface area (Å²) in [5.74, 6) is -0.195. The molecule has 3 rings (SSSR count). The second-order valence-corrected chi connectivity index (χ2v) is 5.35. The number of carbonyl (C=O) groups is 1. The van der Waals surface area contributed by atoms with Crippen LogP contribution in [0.15, 0.2) is 47.8 Å². The highest BCUT2D eigenvalue weighted by Gasteiger charge is 2.20. The standard InChI is InChI=1S/C14H13N5OS/c15-14-17-12(18-19-14)13(20)16-11(10-7-4-8-21-10)9-5-2-1-3-6-9/h1-8,11H,(H,16,20)(H3,15,17,18,19). The quantitative estimate of drug-likeness (QED) is 0.686. The van der Waals surface area contributed by atoms with Crippen LogP contribution in [0.5, 0.6) is 0 Å². The smallest absolute Gasteiger partial charge is 0.289 e. The number of hydrogen-bond acceptors (Lipinski definition) is 5. The minimum Gasteiger partial charge on any atom is -0.366 e. The summed E-state index contributed by atoms with van der Waals surface area (Å²) in [6.45, 7) is 0. The van der Waals surface area contributed by atoms with Gasteiger partial charge in [0.1, 0.15) is 0 Å². The molecule has 0 aliphatic heterocycles. The van der Waals surface area contributed by atoms with E-state index in [4.69, 9.17) is 5.73 Å². The Labute approximate surface area is 125 Å². The Bertz CT molecular complexity index is 723. The van der Waals surface area contributed by atoms with Crippen LogP contribution < -0.4 is 11.1 Å². The third-order valence-electron chi connectivity index (χ3n) is 2.95. The van der Waals surface area contributed by atoms with Gasteiger partial charge in [0.2, 0.25) is 11.8 Å². The fourth-order valence-electron chi connectivity index (χ4n) is 2.00. The molecule has 0 radical (unpaired) electrons. The van der Waals surface area contributed by atoms with E-state index in [1.54, 1.807) is 11.3 Å². The average Bonchev–Trinajstić information content (AvgIpc) is 3.17. The molecule has 21 heavy (non-hydrogen) atoms. The number of rotatable bonds is 4. The summed E-state index contributed by atoms with van der Waals surface area (Å²) in [6.07, 6.45) is 0. The van der Waals surface area contributed by atoms with Crippen LogP contribution in [0.25, 0.3) is 0 Å². The summed E-state index contributed by atoms with van der Waals surface area (Å²) < 4.78 is 0. The van der Waals surface area contributed by atoms with Crippen LogP contribution in [0, 0.1) is 0 Å². The average molecular weight is 299 g/mol. The van der Waals surface area contributed by atoms with E-state index in [0.717, 1.165) is 10.4 Å². The van der Waals surface area contributed by atoms with E-state index in [1.807, 2.05) is 47.8 Å². The van der Waals surface area contributed by atoms with Crippen LogP contribution in [0.4, 0.5) is 5.95 Å². The van der Waals surface area contributed by atoms with Gasteiger partial charge in [-0.1, -0.05) is 36.4 Å². The molecule has 3 aromatic rings. The molecule has 0 saturated heterocycles. The normalized spacial score (nSPS) is 12.0. The summed E-state index contributed by atoms with van der Waals surface area (Å²) in [5.41, 5.74) is 6.42. The molecule has 2 heterocycles. The van der Waals surface area contributed by atoms with Gasteiger partial charge in [-0.05, 0) is 17.0 Å². The fourth-order valence-corrected chi connectivity index (χ4v) is 2.80. The summed E-state index contributed by atoms with van der Waals surface area (Å²) in [6, 6.07) is 13.5. The molecule has 1 amide bonds. The van der Waals surface area contributed by atoms with Crippen molar-refractivity contribution in [3.8, 4) is 0 Å². The zero-order valence-electron chi connectivity index (χ0n) is 11.0. The monoisotopic (exact) mass is 299 g/mol. The SMILES string of the molecule is Nc1n[nH]c(C(=O)NC(c2ccccc2)c2cccs2)n1. The lowest BCUT2D eigenvalue weighted by atomic mass is 10.1. The number of nitrogens with one attached hydrogen (secondary N) is 2. The number of carbonyl (C=O) groups excluding carboxylic acids is 1. The molecule has 2 aromatic heterocycles. The van der Waals surface area contributed by atoms with Crippen molar-refractivity contribution in [2.24, 2.45) is 0 Å². The highest BCUT2D eigenvalue weighted by atomic mass is 32.1. The van der Waals surface area contributed by atoms with E-state index in [0.29, 0.717) is 0 Å². The fraction of sp³-hybridized carbons (Fsp3) is 0.0714. The number of nitrogens with zero attached hydrogens (tertiary/aromatic N) is 2. The van der Waals surface area contributed by atoms with Crippen LogP contribution in [-0.4, -0.2) is 21.1 Å². The Morgan fingerprint density at radius 2 is 2.05 bits per heavy atom. The maximum absolute atomic E-state index is 12.2. The van der Waals surface area contributed by atoms with Crippen LogP contribution in [0.2, 0.25) is 0 Å². The van der Waals surface area contributed by atoms with E-state index in [1.165, 1.54) is 0 Å². The Hall–Kier alpha value is -2.67. The molecule has 1 atom stereocenters. The molecule has 4 N–H and O–H groups in total. The van der Waals surface area contributed by atoms with Crippen molar-refractivity contribution in [1.29, 1.82) is 0 Å². The first-order chi connectivity index (χ1) is 10.2. The van der Waals surface area contributed by atoms with Crippen molar-refractivity contribution >= 4 is 23.2 Å². The van der Waals surface area contributed by atoms with Gasteiger partial charge in [0.25, 0.3) is 5.91 Å². The molecule has 0 bridgehead atoms. The predicted octanol–water partition coefficient (Wildman–Crippen LogP) is 1.97. The van der Waals surface area contributed by atoms with Crippen molar-refractivity contribution < 1.29 is 4.79 Å². The number of thiophene rings is 1. The molecule has 7 heteroatoms.